The topological polar surface area (TPSA) is 74.2 Å². The number of thiazole rings is 1. The molecule has 0 aliphatic carbocycles. The van der Waals surface area contributed by atoms with Gasteiger partial charge in [-0.3, -0.25) is 4.79 Å². The van der Waals surface area contributed by atoms with E-state index in [1.165, 1.54) is 11.3 Å². The minimum absolute atomic E-state index is 0.0742. The number of nitrogens with one attached hydrogen (secondary N) is 2. The fraction of sp³-hybridized carbons (Fsp3) is 0.294. The Hall–Kier alpha value is -2.54. The quantitative estimate of drug-likeness (QED) is 0.743. The van der Waals surface area contributed by atoms with E-state index in [2.05, 4.69) is 15.3 Å². The first-order valence-corrected chi connectivity index (χ1v) is 8.87. The molecule has 1 amide bonds. The van der Waals surface area contributed by atoms with E-state index in [-0.39, 0.29) is 5.91 Å². The highest BCUT2D eigenvalue weighted by Crippen LogP contribution is 2.26. The second-order valence-corrected chi connectivity index (χ2v) is 6.63. The second-order valence-electron chi connectivity index (χ2n) is 5.77. The van der Waals surface area contributed by atoms with Crippen LogP contribution in [0.2, 0.25) is 0 Å². The molecule has 1 aliphatic rings. The van der Waals surface area contributed by atoms with Crippen LogP contribution in [-0.4, -0.2) is 33.9 Å². The van der Waals surface area contributed by atoms with E-state index in [1.54, 1.807) is 6.26 Å². The molecular weight excluding hydrogens is 324 g/mol. The summed E-state index contributed by atoms with van der Waals surface area (Å²) in [5.74, 6) is 0.942. The Balaban J connectivity index is 1.43. The summed E-state index contributed by atoms with van der Waals surface area (Å²) in [5.41, 5.74) is 2.42. The number of nitrogens with zero attached hydrogens (tertiary/aromatic N) is 2. The lowest BCUT2D eigenvalue weighted by atomic mass is 10.2. The van der Waals surface area contributed by atoms with Crippen LogP contribution in [0, 0.1) is 0 Å². The van der Waals surface area contributed by atoms with E-state index in [0.717, 1.165) is 48.1 Å². The van der Waals surface area contributed by atoms with Crippen LogP contribution in [0.25, 0.3) is 11.3 Å². The molecule has 4 heterocycles. The fourth-order valence-corrected chi connectivity index (χ4v) is 3.54. The maximum absolute atomic E-state index is 12.4. The Morgan fingerprint density at radius 1 is 1.42 bits per heavy atom. The number of aromatic amines is 1. The van der Waals surface area contributed by atoms with Crippen LogP contribution in [0.3, 0.4) is 0 Å². The molecule has 7 heteroatoms. The lowest BCUT2D eigenvalue weighted by molar-refractivity contribution is 0.0788. The van der Waals surface area contributed by atoms with Gasteiger partial charge in [-0.15, -0.1) is 11.3 Å². The molecular formula is C17H18N4O2S. The fourth-order valence-electron chi connectivity index (χ4n) is 2.82. The van der Waals surface area contributed by atoms with Crippen LogP contribution in [0.4, 0.5) is 5.13 Å². The molecule has 0 saturated carbocycles. The zero-order chi connectivity index (χ0) is 16.4. The molecule has 0 atom stereocenters. The normalized spacial score (nSPS) is 14.2. The number of anilines is 1. The van der Waals surface area contributed by atoms with Crippen molar-refractivity contribution in [3.8, 4) is 11.3 Å². The molecule has 1 aliphatic heterocycles. The number of hydrogen-bond acceptors (Lipinski definition) is 5. The van der Waals surface area contributed by atoms with Crippen molar-refractivity contribution in [2.24, 2.45) is 0 Å². The Bertz CT molecular complexity index is 815. The van der Waals surface area contributed by atoms with Gasteiger partial charge >= 0.3 is 0 Å². The number of carbonyl (C=O) groups excluding carboxylic acids is 1. The summed E-state index contributed by atoms with van der Waals surface area (Å²) in [7, 11) is 0. The first-order valence-electron chi connectivity index (χ1n) is 7.99. The molecule has 3 aromatic rings. The number of aromatic nitrogens is 2. The SMILES string of the molecule is O=C(c1cc(-c2csc(NCc3ccco3)n2)c[nH]1)N1CCCC1. The van der Waals surface area contributed by atoms with Crippen molar-refractivity contribution in [1.82, 2.24) is 14.9 Å². The molecule has 0 spiro atoms. The number of carbonyl (C=O) groups is 1. The summed E-state index contributed by atoms with van der Waals surface area (Å²) >= 11 is 1.54. The highest BCUT2D eigenvalue weighted by molar-refractivity contribution is 7.14. The Morgan fingerprint density at radius 3 is 3.08 bits per heavy atom. The molecule has 6 nitrogen and oxygen atoms in total. The van der Waals surface area contributed by atoms with Crippen molar-refractivity contribution in [2.45, 2.75) is 19.4 Å². The van der Waals surface area contributed by atoms with Crippen LogP contribution in [0.15, 0.2) is 40.5 Å². The molecule has 0 aromatic carbocycles. The molecule has 1 saturated heterocycles. The summed E-state index contributed by atoms with van der Waals surface area (Å²) in [4.78, 5) is 21.9. The minimum atomic E-state index is 0.0742. The van der Waals surface area contributed by atoms with Gasteiger partial charge in [-0.25, -0.2) is 4.98 Å². The Labute approximate surface area is 143 Å². The van der Waals surface area contributed by atoms with E-state index in [0.29, 0.717) is 12.2 Å². The van der Waals surface area contributed by atoms with Crippen molar-refractivity contribution in [3.05, 3.63) is 47.5 Å². The van der Waals surface area contributed by atoms with Crippen molar-refractivity contribution in [3.63, 3.8) is 0 Å². The number of H-pyrrole nitrogens is 1. The van der Waals surface area contributed by atoms with E-state index >= 15 is 0 Å². The largest absolute Gasteiger partial charge is 0.467 e. The highest BCUT2D eigenvalue weighted by atomic mass is 32.1. The zero-order valence-electron chi connectivity index (χ0n) is 13.1. The van der Waals surface area contributed by atoms with Gasteiger partial charge in [-0.05, 0) is 31.0 Å². The lowest BCUT2D eigenvalue weighted by Crippen LogP contribution is -2.27. The average Bonchev–Trinajstić information content (AvgIpc) is 3.41. The lowest BCUT2D eigenvalue weighted by Gasteiger charge is -2.13. The summed E-state index contributed by atoms with van der Waals surface area (Å²) in [6.45, 7) is 2.31. The molecule has 3 aromatic heterocycles. The average molecular weight is 342 g/mol. The van der Waals surface area contributed by atoms with Crippen LogP contribution in [0.5, 0.6) is 0 Å². The summed E-state index contributed by atoms with van der Waals surface area (Å²) in [6, 6.07) is 5.67. The van der Waals surface area contributed by atoms with Gasteiger partial charge in [0.1, 0.15) is 11.5 Å². The Kier molecular flexibility index (Phi) is 4.08. The van der Waals surface area contributed by atoms with E-state index < -0.39 is 0 Å². The van der Waals surface area contributed by atoms with Gasteiger partial charge in [0.25, 0.3) is 5.91 Å². The zero-order valence-corrected chi connectivity index (χ0v) is 13.9. The number of hydrogen-bond donors (Lipinski definition) is 2. The molecule has 0 unspecified atom stereocenters. The van der Waals surface area contributed by atoms with Gasteiger partial charge in [0.2, 0.25) is 0 Å². The van der Waals surface area contributed by atoms with Crippen molar-refractivity contribution in [2.75, 3.05) is 18.4 Å². The predicted molar refractivity (Wildman–Crippen MR) is 93.1 cm³/mol. The molecule has 4 rings (SSSR count). The van der Waals surface area contributed by atoms with Gasteiger partial charge in [0, 0.05) is 30.2 Å². The highest BCUT2D eigenvalue weighted by Gasteiger charge is 2.21. The first kappa shape index (κ1) is 15.0. The van der Waals surface area contributed by atoms with Gasteiger partial charge in [0.05, 0.1) is 18.5 Å². The van der Waals surface area contributed by atoms with Gasteiger partial charge < -0.3 is 19.6 Å². The van der Waals surface area contributed by atoms with E-state index in [4.69, 9.17) is 4.42 Å². The van der Waals surface area contributed by atoms with Crippen LogP contribution >= 0.6 is 11.3 Å². The van der Waals surface area contributed by atoms with E-state index in [1.807, 2.05) is 34.7 Å². The molecule has 124 valence electrons. The summed E-state index contributed by atoms with van der Waals surface area (Å²) in [5, 5.41) is 6.05. The number of likely N-dealkylation sites (tertiary alicyclic amines) is 1. The van der Waals surface area contributed by atoms with Crippen molar-refractivity contribution < 1.29 is 9.21 Å². The smallest absolute Gasteiger partial charge is 0.270 e. The number of furan rings is 1. The molecule has 0 radical (unpaired) electrons. The number of rotatable bonds is 5. The summed E-state index contributed by atoms with van der Waals surface area (Å²) in [6.07, 6.45) is 5.68. The third-order valence-electron chi connectivity index (χ3n) is 4.10. The molecule has 0 bridgehead atoms. The Morgan fingerprint density at radius 2 is 2.29 bits per heavy atom. The second kappa shape index (κ2) is 6.52. The third-order valence-corrected chi connectivity index (χ3v) is 4.90. The van der Waals surface area contributed by atoms with Crippen LogP contribution < -0.4 is 5.32 Å². The van der Waals surface area contributed by atoms with Gasteiger partial charge in [0.15, 0.2) is 5.13 Å². The summed E-state index contributed by atoms with van der Waals surface area (Å²) < 4.78 is 5.29. The monoisotopic (exact) mass is 342 g/mol. The third kappa shape index (κ3) is 3.07. The van der Waals surface area contributed by atoms with Crippen molar-refractivity contribution >= 4 is 22.4 Å². The van der Waals surface area contributed by atoms with E-state index in [9.17, 15) is 4.79 Å². The first-order chi connectivity index (χ1) is 11.8. The predicted octanol–water partition coefficient (Wildman–Crippen LogP) is 3.58. The van der Waals surface area contributed by atoms with Crippen molar-refractivity contribution in [1.29, 1.82) is 0 Å². The van der Waals surface area contributed by atoms with Gasteiger partial charge in [-0.1, -0.05) is 0 Å². The maximum atomic E-state index is 12.4. The minimum Gasteiger partial charge on any atom is -0.467 e. The maximum Gasteiger partial charge on any atom is 0.270 e. The molecule has 1 fully saturated rings. The molecule has 2 N–H and O–H groups in total. The number of amides is 1. The standard InChI is InChI=1S/C17H18N4O2S/c22-16(21-5-1-2-6-21)14-8-12(9-18-14)15-11-24-17(20-15)19-10-13-4-3-7-23-13/h3-4,7-9,11,18H,1-2,5-6,10H2,(H,19,20). The van der Waals surface area contributed by atoms with Gasteiger partial charge in [-0.2, -0.15) is 0 Å². The van der Waals surface area contributed by atoms with Crippen LogP contribution in [-0.2, 0) is 6.54 Å². The van der Waals surface area contributed by atoms with Crippen LogP contribution in [0.1, 0.15) is 29.1 Å². The molecule has 24 heavy (non-hydrogen) atoms.